The minimum Gasteiger partial charge on any atom is -0.389 e. The Hall–Kier alpha value is -2.00. The summed E-state index contributed by atoms with van der Waals surface area (Å²) in [5, 5.41) is -0.179. The highest BCUT2D eigenvalue weighted by molar-refractivity contribution is 7.92. The van der Waals surface area contributed by atoms with Gasteiger partial charge in [0.25, 0.3) is 10.0 Å². The molecule has 3 N–H and O–H groups in total. The molecule has 0 aliphatic rings. The summed E-state index contributed by atoms with van der Waals surface area (Å²) >= 11 is 4.73. The topological polar surface area (TPSA) is 90.0 Å². The zero-order valence-corrected chi connectivity index (χ0v) is 12.7. The molecule has 0 aliphatic carbocycles. The highest BCUT2D eigenvalue weighted by Gasteiger charge is 2.19. The zero-order valence-electron chi connectivity index (χ0n) is 11.1. The van der Waals surface area contributed by atoms with Gasteiger partial charge in [0.2, 0.25) is 0 Å². The molecule has 0 unspecified atom stereocenters. The molecule has 9 heteroatoms. The molecule has 6 nitrogen and oxygen atoms in total. The van der Waals surface area contributed by atoms with Crippen molar-refractivity contribution in [2.45, 2.75) is 18.5 Å². The largest absolute Gasteiger partial charge is 0.389 e. The quantitative estimate of drug-likeness (QED) is 0.811. The van der Waals surface area contributed by atoms with Crippen molar-refractivity contribution in [3.63, 3.8) is 0 Å². The average Bonchev–Trinajstić information content (AvgIpc) is 2.90. The summed E-state index contributed by atoms with van der Waals surface area (Å²) in [6.07, 6.45) is 2.75. The van der Waals surface area contributed by atoms with E-state index < -0.39 is 15.8 Å². The van der Waals surface area contributed by atoms with E-state index in [1.54, 1.807) is 4.57 Å². The number of hydrogen-bond donors (Lipinski definition) is 2. The van der Waals surface area contributed by atoms with E-state index >= 15 is 0 Å². The molecule has 0 radical (unpaired) electrons. The molecule has 1 heterocycles. The highest BCUT2D eigenvalue weighted by atomic mass is 32.2. The molecule has 2 rings (SSSR count). The Bertz CT molecular complexity index is 786. The first-order valence-electron chi connectivity index (χ1n) is 5.97. The third-order valence-electron chi connectivity index (χ3n) is 2.75. The van der Waals surface area contributed by atoms with Gasteiger partial charge in [0.15, 0.2) is 5.03 Å². The monoisotopic (exact) mass is 328 g/mol. The number of nitrogens with zero attached hydrogens (tertiary/aromatic N) is 2. The number of sulfonamides is 1. The van der Waals surface area contributed by atoms with E-state index in [-0.39, 0.29) is 15.7 Å². The van der Waals surface area contributed by atoms with Crippen LogP contribution in [0.2, 0.25) is 0 Å². The van der Waals surface area contributed by atoms with Crippen molar-refractivity contribution in [1.29, 1.82) is 0 Å². The lowest BCUT2D eigenvalue weighted by molar-refractivity contribution is 0.595. The number of rotatable bonds is 5. The molecule has 0 atom stereocenters. The molecule has 1 aromatic heterocycles. The van der Waals surface area contributed by atoms with Crippen LogP contribution in [0.3, 0.4) is 0 Å². The van der Waals surface area contributed by atoms with Crippen LogP contribution in [-0.2, 0) is 16.6 Å². The lowest BCUT2D eigenvalue weighted by Crippen LogP contribution is -2.15. The number of aryl methyl sites for hydroxylation is 1. The summed E-state index contributed by atoms with van der Waals surface area (Å²) in [4.78, 5) is 3.81. The lowest BCUT2D eigenvalue weighted by Gasteiger charge is -2.08. The molecule has 0 amide bonds. The van der Waals surface area contributed by atoms with Gasteiger partial charge in [-0.3, -0.25) is 4.72 Å². The maximum Gasteiger partial charge on any atom is 0.281 e. The Labute approximate surface area is 126 Å². The van der Waals surface area contributed by atoms with Gasteiger partial charge in [0.1, 0.15) is 10.8 Å². The van der Waals surface area contributed by atoms with E-state index in [1.165, 1.54) is 24.7 Å². The van der Waals surface area contributed by atoms with Crippen molar-refractivity contribution in [3.8, 4) is 0 Å². The van der Waals surface area contributed by atoms with Gasteiger partial charge in [-0.1, -0.05) is 12.2 Å². The van der Waals surface area contributed by atoms with Crippen LogP contribution in [0.15, 0.2) is 35.7 Å². The van der Waals surface area contributed by atoms with Gasteiger partial charge in [-0.25, -0.2) is 9.37 Å². The summed E-state index contributed by atoms with van der Waals surface area (Å²) in [6.45, 7) is 2.43. The Morgan fingerprint density at radius 3 is 2.76 bits per heavy atom. The van der Waals surface area contributed by atoms with E-state index in [9.17, 15) is 12.8 Å². The van der Waals surface area contributed by atoms with Crippen LogP contribution >= 0.6 is 12.2 Å². The highest BCUT2D eigenvalue weighted by Crippen LogP contribution is 2.19. The minimum absolute atomic E-state index is 0.0324. The van der Waals surface area contributed by atoms with E-state index in [1.807, 2.05) is 6.92 Å². The Kier molecular flexibility index (Phi) is 4.24. The van der Waals surface area contributed by atoms with Crippen molar-refractivity contribution in [2.75, 3.05) is 4.72 Å². The average molecular weight is 328 g/mol. The van der Waals surface area contributed by atoms with Gasteiger partial charge in [0, 0.05) is 18.3 Å². The molecule has 112 valence electrons. The molecular weight excluding hydrogens is 315 g/mol. The maximum atomic E-state index is 13.9. The number of aromatic nitrogens is 2. The first-order valence-corrected chi connectivity index (χ1v) is 7.86. The van der Waals surface area contributed by atoms with Gasteiger partial charge in [-0.2, -0.15) is 8.42 Å². The van der Waals surface area contributed by atoms with Crippen LogP contribution in [0.25, 0.3) is 0 Å². The van der Waals surface area contributed by atoms with Crippen molar-refractivity contribution in [3.05, 3.63) is 42.1 Å². The second-order valence-electron chi connectivity index (χ2n) is 4.21. The molecule has 0 fully saturated rings. The fraction of sp³-hybridized carbons (Fsp3) is 0.167. The summed E-state index contributed by atoms with van der Waals surface area (Å²) in [7, 11) is -3.94. The first kappa shape index (κ1) is 15.4. The van der Waals surface area contributed by atoms with E-state index in [0.717, 1.165) is 6.07 Å². The third-order valence-corrected chi connectivity index (χ3v) is 4.23. The predicted molar refractivity (Wildman–Crippen MR) is 81.0 cm³/mol. The van der Waals surface area contributed by atoms with Gasteiger partial charge in [-0.05, 0) is 25.1 Å². The van der Waals surface area contributed by atoms with Gasteiger partial charge >= 0.3 is 0 Å². The van der Waals surface area contributed by atoms with Crippen LogP contribution in [0.5, 0.6) is 0 Å². The van der Waals surface area contributed by atoms with E-state index in [2.05, 4.69) is 9.71 Å². The standard InChI is InChI=1S/C12H13FN4O2S2/c1-2-17-6-11(15-7-17)21(18,19)16-10-4-3-8(12(14)20)5-9(10)13/h3-7,16H,2H2,1H3,(H2,14,20). The van der Waals surface area contributed by atoms with Crippen molar-refractivity contribution >= 4 is 32.9 Å². The molecule has 0 saturated carbocycles. The SMILES string of the molecule is CCn1cnc(S(=O)(=O)Nc2ccc(C(N)=S)cc2F)c1. The Morgan fingerprint density at radius 2 is 2.24 bits per heavy atom. The predicted octanol–water partition coefficient (Wildman–Crippen LogP) is 1.48. The molecule has 2 aromatic rings. The van der Waals surface area contributed by atoms with Gasteiger partial charge in [0.05, 0.1) is 12.0 Å². The number of benzene rings is 1. The normalized spacial score (nSPS) is 11.3. The molecule has 0 aliphatic heterocycles. The fourth-order valence-electron chi connectivity index (χ4n) is 1.60. The number of anilines is 1. The smallest absolute Gasteiger partial charge is 0.281 e. The summed E-state index contributed by atoms with van der Waals surface area (Å²) in [5.41, 5.74) is 5.51. The zero-order chi connectivity index (χ0) is 15.6. The number of halogens is 1. The molecular formula is C12H13FN4O2S2. The van der Waals surface area contributed by atoms with Crippen LogP contribution in [0, 0.1) is 5.82 Å². The van der Waals surface area contributed by atoms with Gasteiger partial charge in [-0.15, -0.1) is 0 Å². The lowest BCUT2D eigenvalue weighted by atomic mass is 10.2. The number of nitrogens with two attached hydrogens (primary N) is 1. The van der Waals surface area contributed by atoms with Crippen molar-refractivity contribution in [2.24, 2.45) is 5.73 Å². The van der Waals surface area contributed by atoms with Crippen LogP contribution in [0.4, 0.5) is 10.1 Å². The number of imidazole rings is 1. The number of nitrogens with one attached hydrogen (secondary N) is 1. The van der Waals surface area contributed by atoms with Gasteiger partial charge < -0.3 is 10.3 Å². The van der Waals surface area contributed by atoms with Crippen molar-refractivity contribution < 1.29 is 12.8 Å². The Morgan fingerprint density at radius 1 is 1.52 bits per heavy atom. The maximum absolute atomic E-state index is 13.9. The summed E-state index contributed by atoms with van der Waals surface area (Å²) < 4.78 is 41.8. The van der Waals surface area contributed by atoms with E-state index in [4.69, 9.17) is 18.0 Å². The minimum atomic E-state index is -3.94. The second-order valence-corrected chi connectivity index (χ2v) is 6.28. The number of thiocarbonyl (C=S) groups is 1. The molecule has 0 bridgehead atoms. The molecule has 21 heavy (non-hydrogen) atoms. The summed E-state index contributed by atoms with van der Waals surface area (Å²) in [5.74, 6) is -0.765. The van der Waals surface area contributed by atoms with Crippen LogP contribution < -0.4 is 10.5 Å². The second kappa shape index (κ2) is 5.78. The molecule has 0 saturated heterocycles. The molecule has 1 aromatic carbocycles. The van der Waals surface area contributed by atoms with Crippen molar-refractivity contribution in [1.82, 2.24) is 9.55 Å². The summed E-state index contributed by atoms with van der Waals surface area (Å²) in [6, 6.07) is 3.77. The third kappa shape index (κ3) is 3.37. The van der Waals surface area contributed by atoms with E-state index in [0.29, 0.717) is 12.1 Å². The number of hydrogen-bond acceptors (Lipinski definition) is 4. The Balaban J connectivity index is 2.30. The van der Waals surface area contributed by atoms with Crippen LogP contribution in [0.1, 0.15) is 12.5 Å². The first-order chi connectivity index (χ1) is 9.83. The fourth-order valence-corrected chi connectivity index (χ4v) is 2.75. The molecule has 0 spiro atoms. The van der Waals surface area contributed by atoms with Crippen LogP contribution in [-0.4, -0.2) is 23.0 Å².